The smallest absolute Gasteiger partial charge is 0.231 e. The van der Waals surface area contributed by atoms with Gasteiger partial charge >= 0.3 is 0 Å². The van der Waals surface area contributed by atoms with Crippen LogP contribution in [0.5, 0.6) is 11.5 Å². The van der Waals surface area contributed by atoms with Crippen molar-refractivity contribution in [2.75, 3.05) is 6.79 Å². The molecule has 2 aromatic carbocycles. The van der Waals surface area contributed by atoms with E-state index in [1.54, 1.807) is 0 Å². The fourth-order valence-corrected chi connectivity index (χ4v) is 5.22. The fraction of sp³-hybridized carbons (Fsp3) is 0.280. The number of dihydropyridines is 1. The van der Waals surface area contributed by atoms with Crippen LogP contribution in [0.3, 0.4) is 0 Å². The second-order valence-electron chi connectivity index (χ2n) is 9.17. The quantitative estimate of drug-likeness (QED) is 0.772. The van der Waals surface area contributed by atoms with Crippen LogP contribution in [-0.2, 0) is 4.79 Å². The summed E-state index contributed by atoms with van der Waals surface area (Å²) >= 11 is 0. The van der Waals surface area contributed by atoms with Crippen LogP contribution < -0.4 is 14.8 Å². The van der Waals surface area contributed by atoms with Crippen LogP contribution in [0.15, 0.2) is 59.3 Å². The summed E-state index contributed by atoms with van der Waals surface area (Å²) in [6.45, 7) is 4.41. The van der Waals surface area contributed by atoms with Gasteiger partial charge in [-0.1, -0.05) is 44.2 Å². The maximum Gasteiger partial charge on any atom is 0.231 e. The highest BCUT2D eigenvalue weighted by molar-refractivity contribution is 6.23. The van der Waals surface area contributed by atoms with Gasteiger partial charge < -0.3 is 14.8 Å². The lowest BCUT2D eigenvalue weighted by molar-refractivity contribution is -0.118. The molecule has 0 spiro atoms. The molecule has 2 aliphatic heterocycles. The first kappa shape index (κ1) is 17.5. The first-order valence-corrected chi connectivity index (χ1v) is 10.2. The van der Waals surface area contributed by atoms with Gasteiger partial charge in [0.05, 0.1) is 5.70 Å². The Morgan fingerprint density at radius 3 is 2.53 bits per heavy atom. The van der Waals surface area contributed by atoms with Crippen molar-refractivity contribution in [3.63, 3.8) is 0 Å². The molecule has 6 rings (SSSR count). The van der Waals surface area contributed by atoms with Crippen LogP contribution in [0.2, 0.25) is 0 Å². The lowest BCUT2D eigenvalue weighted by atomic mass is 9.68. The van der Waals surface area contributed by atoms with E-state index in [0.29, 0.717) is 34.6 Å². The number of carbonyl (C=O) groups excluding carboxylic acids is 2. The molecule has 2 aliphatic carbocycles. The van der Waals surface area contributed by atoms with E-state index in [1.807, 2.05) is 42.5 Å². The highest BCUT2D eigenvalue weighted by Crippen LogP contribution is 2.52. The number of hydrogen-bond acceptors (Lipinski definition) is 5. The predicted molar refractivity (Wildman–Crippen MR) is 111 cm³/mol. The van der Waals surface area contributed by atoms with Crippen molar-refractivity contribution in [3.05, 3.63) is 76.0 Å². The molecule has 0 radical (unpaired) electrons. The number of allylic oxidation sites excluding steroid dienone is 3. The summed E-state index contributed by atoms with van der Waals surface area (Å²) in [6.07, 6.45) is 1.24. The molecule has 0 saturated carbocycles. The number of carbonyl (C=O) groups is 2. The van der Waals surface area contributed by atoms with Crippen LogP contribution in [-0.4, -0.2) is 18.4 Å². The van der Waals surface area contributed by atoms with Crippen molar-refractivity contribution < 1.29 is 19.1 Å². The highest BCUT2D eigenvalue weighted by Gasteiger charge is 2.46. The van der Waals surface area contributed by atoms with Crippen molar-refractivity contribution in [2.45, 2.75) is 32.6 Å². The Kier molecular flexibility index (Phi) is 3.41. The van der Waals surface area contributed by atoms with E-state index in [1.165, 1.54) is 0 Å². The van der Waals surface area contributed by atoms with E-state index in [0.717, 1.165) is 28.9 Å². The molecular formula is C25H21NO4. The number of ether oxygens (including phenoxy) is 2. The predicted octanol–water partition coefficient (Wildman–Crippen LogP) is 4.35. The van der Waals surface area contributed by atoms with Crippen molar-refractivity contribution in [3.8, 4) is 11.5 Å². The van der Waals surface area contributed by atoms with E-state index in [9.17, 15) is 9.59 Å². The third-order valence-electron chi connectivity index (χ3n) is 6.46. The SMILES string of the molecule is CC1(C)CC(=O)C2=C(C1)NC1=C(C(=O)c3ccccc31)[C@H]2c1ccc2c(c1)OCO2. The number of nitrogens with one attached hydrogen (secondary N) is 1. The average molecular weight is 399 g/mol. The molecule has 5 heteroatoms. The second-order valence-corrected chi connectivity index (χ2v) is 9.17. The van der Waals surface area contributed by atoms with Crippen molar-refractivity contribution in [1.82, 2.24) is 5.32 Å². The fourth-order valence-electron chi connectivity index (χ4n) is 5.22. The Bertz CT molecular complexity index is 1220. The highest BCUT2D eigenvalue weighted by atomic mass is 16.7. The standard InChI is InChI=1S/C25H21NO4/c1-25(2)10-16-21(17(27)11-25)20(13-7-8-18-19(9-13)30-12-29-18)22-23(26-16)14-5-3-4-6-15(14)24(22)28/h3-9,20,26H,10-12H2,1-2H3/t20-/m0/s1. The van der Waals surface area contributed by atoms with Gasteiger partial charge in [-0.25, -0.2) is 0 Å². The Morgan fingerprint density at radius 2 is 1.70 bits per heavy atom. The molecule has 0 unspecified atom stereocenters. The van der Waals surface area contributed by atoms with E-state index in [2.05, 4.69) is 19.2 Å². The van der Waals surface area contributed by atoms with E-state index in [-0.39, 0.29) is 23.8 Å². The molecule has 1 atom stereocenters. The molecule has 0 bridgehead atoms. The monoisotopic (exact) mass is 399 g/mol. The van der Waals surface area contributed by atoms with Crippen molar-refractivity contribution >= 4 is 17.3 Å². The lowest BCUT2D eigenvalue weighted by Crippen LogP contribution is -2.37. The molecule has 2 aromatic rings. The van der Waals surface area contributed by atoms with Gasteiger partial charge in [0.25, 0.3) is 0 Å². The summed E-state index contributed by atoms with van der Waals surface area (Å²) in [5, 5.41) is 3.50. The number of benzene rings is 2. The first-order valence-electron chi connectivity index (χ1n) is 10.2. The summed E-state index contributed by atoms with van der Waals surface area (Å²) < 4.78 is 11.0. The number of fused-ring (bicyclic) bond motifs is 3. The maximum atomic E-state index is 13.5. The van der Waals surface area contributed by atoms with Gasteiger partial charge in [-0.15, -0.1) is 0 Å². The number of Topliss-reactive ketones (excluding diaryl/α,β-unsaturated/α-hetero) is 2. The molecule has 2 heterocycles. The summed E-state index contributed by atoms with van der Waals surface area (Å²) in [6, 6.07) is 13.4. The van der Waals surface area contributed by atoms with Crippen LogP contribution in [0.25, 0.3) is 5.70 Å². The summed E-state index contributed by atoms with van der Waals surface area (Å²) in [5.74, 6) is 1.02. The topological polar surface area (TPSA) is 64.6 Å². The minimum atomic E-state index is -0.408. The molecule has 0 fully saturated rings. The third kappa shape index (κ3) is 2.35. The molecule has 0 aromatic heterocycles. The Labute approximate surface area is 174 Å². The summed E-state index contributed by atoms with van der Waals surface area (Å²) in [7, 11) is 0. The largest absolute Gasteiger partial charge is 0.454 e. The zero-order valence-electron chi connectivity index (χ0n) is 16.9. The Hall–Kier alpha value is -3.34. The lowest BCUT2D eigenvalue weighted by Gasteiger charge is -2.39. The number of ketones is 2. The first-order chi connectivity index (χ1) is 14.4. The van der Waals surface area contributed by atoms with Gasteiger partial charge in [0.1, 0.15) is 0 Å². The van der Waals surface area contributed by atoms with Gasteiger partial charge in [0.2, 0.25) is 6.79 Å². The molecule has 4 aliphatic rings. The van der Waals surface area contributed by atoms with Gasteiger partial charge in [-0.2, -0.15) is 0 Å². The molecule has 1 N–H and O–H groups in total. The minimum absolute atomic E-state index is 0.0139. The Morgan fingerprint density at radius 1 is 0.933 bits per heavy atom. The van der Waals surface area contributed by atoms with Gasteiger partial charge in [-0.3, -0.25) is 9.59 Å². The third-order valence-corrected chi connectivity index (χ3v) is 6.46. The zero-order valence-corrected chi connectivity index (χ0v) is 16.9. The summed E-state index contributed by atoms with van der Waals surface area (Å²) in [5.41, 5.74) is 5.50. The molecular weight excluding hydrogens is 378 g/mol. The molecule has 150 valence electrons. The molecule has 0 saturated heterocycles. The number of hydrogen-bond donors (Lipinski definition) is 1. The van der Waals surface area contributed by atoms with E-state index in [4.69, 9.17) is 9.47 Å². The van der Waals surface area contributed by atoms with Gasteiger partial charge in [0.15, 0.2) is 23.1 Å². The van der Waals surface area contributed by atoms with Crippen molar-refractivity contribution in [1.29, 1.82) is 0 Å². The number of rotatable bonds is 1. The zero-order chi connectivity index (χ0) is 20.6. The Balaban J connectivity index is 1.58. The second kappa shape index (κ2) is 5.85. The molecule has 0 amide bonds. The minimum Gasteiger partial charge on any atom is -0.454 e. The normalized spacial score (nSPS) is 23.2. The molecule has 30 heavy (non-hydrogen) atoms. The van der Waals surface area contributed by atoms with Crippen LogP contribution in [0.4, 0.5) is 0 Å². The van der Waals surface area contributed by atoms with Gasteiger partial charge in [-0.05, 0) is 29.5 Å². The van der Waals surface area contributed by atoms with E-state index >= 15 is 0 Å². The van der Waals surface area contributed by atoms with Crippen LogP contribution >= 0.6 is 0 Å². The van der Waals surface area contributed by atoms with E-state index < -0.39 is 5.92 Å². The summed E-state index contributed by atoms with van der Waals surface area (Å²) in [4.78, 5) is 26.8. The van der Waals surface area contributed by atoms with Crippen molar-refractivity contribution in [2.24, 2.45) is 5.41 Å². The maximum absolute atomic E-state index is 13.5. The van der Waals surface area contributed by atoms with Gasteiger partial charge in [0, 0.05) is 40.3 Å². The molecule has 5 nitrogen and oxygen atoms in total. The average Bonchev–Trinajstić information content (AvgIpc) is 3.28. The van der Waals surface area contributed by atoms with Crippen LogP contribution in [0, 0.1) is 5.41 Å². The van der Waals surface area contributed by atoms with Crippen LogP contribution in [0.1, 0.15) is 54.1 Å².